The molecule has 1 aromatic carbocycles. The van der Waals surface area contributed by atoms with E-state index in [1.165, 1.54) is 29.5 Å². The van der Waals surface area contributed by atoms with Gasteiger partial charge in [0.25, 0.3) is 11.6 Å². The van der Waals surface area contributed by atoms with Gasteiger partial charge in [-0.05, 0) is 30.2 Å². The number of non-ortho nitro benzene ring substituents is 1. The Labute approximate surface area is 154 Å². The average Bonchev–Trinajstić information content (AvgIpc) is 3.12. The molecule has 1 aromatic heterocycles. The van der Waals surface area contributed by atoms with Crippen molar-refractivity contribution in [3.05, 3.63) is 57.0 Å². The zero-order valence-electron chi connectivity index (χ0n) is 14.1. The van der Waals surface area contributed by atoms with E-state index in [-0.39, 0.29) is 11.3 Å². The van der Waals surface area contributed by atoms with E-state index in [4.69, 9.17) is 4.74 Å². The molecule has 7 nitrogen and oxygen atoms in total. The summed E-state index contributed by atoms with van der Waals surface area (Å²) in [6.07, 6.45) is 2.17. The molecule has 0 saturated carbocycles. The van der Waals surface area contributed by atoms with Crippen LogP contribution in [0.5, 0.6) is 0 Å². The lowest BCUT2D eigenvalue weighted by Crippen LogP contribution is -2.26. The molecule has 2 aromatic rings. The Bertz CT molecular complexity index is 867. The normalized spacial score (nSPS) is 11.0. The number of nitro groups is 1. The zero-order valence-corrected chi connectivity index (χ0v) is 14.9. The van der Waals surface area contributed by atoms with Gasteiger partial charge in [0.15, 0.2) is 0 Å². The second kappa shape index (κ2) is 9.46. The Balaban J connectivity index is 2.13. The molecule has 0 aliphatic carbocycles. The number of methoxy groups -OCH3 is 1. The van der Waals surface area contributed by atoms with Crippen LogP contribution in [0.15, 0.2) is 42.0 Å². The molecule has 0 bridgehead atoms. The molecule has 134 valence electrons. The molecule has 0 saturated heterocycles. The molecule has 1 heterocycles. The predicted molar refractivity (Wildman–Crippen MR) is 99.5 cm³/mol. The van der Waals surface area contributed by atoms with Gasteiger partial charge in [0.2, 0.25) is 0 Å². The number of nitriles is 1. The number of thiophene rings is 1. The van der Waals surface area contributed by atoms with Gasteiger partial charge in [-0.15, -0.1) is 11.3 Å². The fourth-order valence-electron chi connectivity index (χ4n) is 2.16. The largest absolute Gasteiger partial charge is 0.385 e. The van der Waals surface area contributed by atoms with Gasteiger partial charge < -0.3 is 10.1 Å². The van der Waals surface area contributed by atoms with Crippen molar-refractivity contribution in [2.45, 2.75) is 6.42 Å². The minimum absolute atomic E-state index is 0.00913. The van der Waals surface area contributed by atoms with Crippen LogP contribution in [-0.4, -0.2) is 31.1 Å². The molecule has 0 unspecified atom stereocenters. The highest BCUT2D eigenvalue weighted by Gasteiger charge is 2.11. The highest BCUT2D eigenvalue weighted by molar-refractivity contribution is 7.16. The molecule has 2 rings (SSSR count). The van der Waals surface area contributed by atoms with Crippen molar-refractivity contribution in [2.75, 3.05) is 20.3 Å². The van der Waals surface area contributed by atoms with Gasteiger partial charge in [-0.1, -0.05) is 12.1 Å². The Morgan fingerprint density at radius 1 is 1.42 bits per heavy atom. The lowest BCUT2D eigenvalue weighted by atomic mass is 10.1. The van der Waals surface area contributed by atoms with E-state index in [1.54, 1.807) is 31.4 Å². The standard InChI is InChI=1S/C18H17N3O4S/c1-25-9-3-8-20-18(22)14(12-19)11-16-6-7-17(26-16)13-4-2-5-15(10-13)21(23)24/h2,4-7,10-11H,3,8-9H2,1H3,(H,20,22)/b14-11+. The minimum atomic E-state index is -0.445. The number of nitrogens with one attached hydrogen (secondary N) is 1. The predicted octanol–water partition coefficient (Wildman–Crippen LogP) is 3.38. The number of nitrogens with zero attached hydrogens (tertiary/aromatic N) is 2. The molecule has 0 fully saturated rings. The number of benzene rings is 1. The number of hydrogen-bond donors (Lipinski definition) is 1. The smallest absolute Gasteiger partial charge is 0.270 e. The molecule has 0 atom stereocenters. The van der Waals surface area contributed by atoms with E-state index in [0.717, 1.165) is 9.75 Å². The molecule has 0 aliphatic rings. The van der Waals surface area contributed by atoms with E-state index in [1.807, 2.05) is 6.07 Å². The summed E-state index contributed by atoms with van der Waals surface area (Å²) in [6.45, 7) is 0.957. The Morgan fingerprint density at radius 3 is 2.92 bits per heavy atom. The molecule has 0 spiro atoms. The van der Waals surface area contributed by atoms with Crippen LogP contribution in [0.3, 0.4) is 0 Å². The van der Waals surface area contributed by atoms with E-state index >= 15 is 0 Å². The van der Waals surface area contributed by atoms with Crippen molar-refractivity contribution in [3.63, 3.8) is 0 Å². The van der Waals surface area contributed by atoms with Crippen LogP contribution in [0.25, 0.3) is 16.5 Å². The van der Waals surface area contributed by atoms with Crippen molar-refractivity contribution in [1.82, 2.24) is 5.32 Å². The van der Waals surface area contributed by atoms with Crippen molar-refractivity contribution < 1.29 is 14.5 Å². The molecule has 8 heteroatoms. The van der Waals surface area contributed by atoms with Crippen LogP contribution >= 0.6 is 11.3 Å². The maximum absolute atomic E-state index is 12.0. The Kier molecular flexibility index (Phi) is 7.02. The monoisotopic (exact) mass is 371 g/mol. The van der Waals surface area contributed by atoms with Gasteiger partial charge >= 0.3 is 0 Å². The number of hydrogen-bond acceptors (Lipinski definition) is 6. The summed E-state index contributed by atoms with van der Waals surface area (Å²) in [5.74, 6) is -0.436. The van der Waals surface area contributed by atoms with Crippen molar-refractivity contribution in [3.8, 4) is 16.5 Å². The van der Waals surface area contributed by atoms with Crippen LogP contribution in [0.2, 0.25) is 0 Å². The fourth-order valence-corrected chi connectivity index (χ4v) is 3.11. The maximum atomic E-state index is 12.0. The number of ether oxygens (including phenoxy) is 1. The summed E-state index contributed by atoms with van der Waals surface area (Å²) in [7, 11) is 1.58. The van der Waals surface area contributed by atoms with Gasteiger partial charge in [-0.3, -0.25) is 14.9 Å². The third kappa shape index (κ3) is 5.24. The number of nitro benzene ring substituents is 1. The average molecular weight is 371 g/mol. The van der Waals surface area contributed by atoms with Crippen LogP contribution in [0, 0.1) is 21.4 Å². The van der Waals surface area contributed by atoms with Crippen molar-refractivity contribution in [2.24, 2.45) is 0 Å². The van der Waals surface area contributed by atoms with Crippen LogP contribution in [0.4, 0.5) is 5.69 Å². The topological polar surface area (TPSA) is 105 Å². The van der Waals surface area contributed by atoms with E-state index in [9.17, 15) is 20.2 Å². The summed E-state index contributed by atoms with van der Waals surface area (Å²) in [5, 5.41) is 22.8. The van der Waals surface area contributed by atoms with E-state index < -0.39 is 10.8 Å². The molecule has 1 N–H and O–H groups in total. The minimum Gasteiger partial charge on any atom is -0.385 e. The van der Waals surface area contributed by atoms with E-state index in [2.05, 4.69) is 5.32 Å². The Hall–Kier alpha value is -3.02. The third-order valence-electron chi connectivity index (χ3n) is 3.43. The summed E-state index contributed by atoms with van der Waals surface area (Å²) >= 11 is 1.35. The number of carbonyl (C=O) groups is 1. The number of rotatable bonds is 8. The molecular formula is C18H17N3O4S. The highest BCUT2D eigenvalue weighted by atomic mass is 32.1. The first-order valence-electron chi connectivity index (χ1n) is 7.78. The Morgan fingerprint density at radius 2 is 2.23 bits per heavy atom. The first-order valence-corrected chi connectivity index (χ1v) is 8.60. The van der Waals surface area contributed by atoms with Gasteiger partial charge in [0, 0.05) is 42.1 Å². The van der Waals surface area contributed by atoms with Crippen molar-refractivity contribution >= 4 is 29.0 Å². The molecule has 26 heavy (non-hydrogen) atoms. The van der Waals surface area contributed by atoms with Crippen molar-refractivity contribution in [1.29, 1.82) is 5.26 Å². The van der Waals surface area contributed by atoms with Gasteiger partial charge in [-0.25, -0.2) is 0 Å². The molecule has 0 aliphatic heterocycles. The van der Waals surface area contributed by atoms with Gasteiger partial charge in [-0.2, -0.15) is 5.26 Å². The maximum Gasteiger partial charge on any atom is 0.270 e. The lowest BCUT2D eigenvalue weighted by molar-refractivity contribution is -0.384. The van der Waals surface area contributed by atoms with Gasteiger partial charge in [0.1, 0.15) is 11.6 Å². The first-order chi connectivity index (χ1) is 12.5. The third-order valence-corrected chi connectivity index (χ3v) is 4.51. The lowest BCUT2D eigenvalue weighted by Gasteiger charge is -2.03. The number of carbonyl (C=O) groups excluding carboxylic acids is 1. The quantitative estimate of drug-likeness (QED) is 0.252. The van der Waals surface area contributed by atoms with E-state index in [0.29, 0.717) is 25.1 Å². The van der Waals surface area contributed by atoms with Crippen LogP contribution in [-0.2, 0) is 9.53 Å². The second-order valence-electron chi connectivity index (χ2n) is 5.28. The van der Waals surface area contributed by atoms with Crippen LogP contribution in [0.1, 0.15) is 11.3 Å². The SMILES string of the molecule is COCCCNC(=O)/C(C#N)=C/c1ccc(-c2cccc([N+](=O)[O-])c2)s1. The first kappa shape index (κ1) is 19.3. The summed E-state index contributed by atoms with van der Waals surface area (Å²) < 4.78 is 4.90. The summed E-state index contributed by atoms with van der Waals surface area (Å²) in [6, 6.07) is 11.8. The second-order valence-corrected chi connectivity index (χ2v) is 6.40. The van der Waals surface area contributed by atoms with Gasteiger partial charge in [0.05, 0.1) is 4.92 Å². The summed E-state index contributed by atoms with van der Waals surface area (Å²) in [5.41, 5.74) is 0.738. The zero-order chi connectivity index (χ0) is 18.9. The highest BCUT2D eigenvalue weighted by Crippen LogP contribution is 2.31. The van der Waals surface area contributed by atoms with Crippen LogP contribution < -0.4 is 5.32 Å². The molecular weight excluding hydrogens is 354 g/mol. The fraction of sp³-hybridized carbons (Fsp3) is 0.222. The number of amides is 1. The molecule has 0 radical (unpaired) electrons. The summed E-state index contributed by atoms with van der Waals surface area (Å²) in [4.78, 5) is 24.0. The molecule has 1 amide bonds.